The largest absolute Gasteiger partial charge is 0.315 e. The quantitative estimate of drug-likeness (QED) is 0.715. The van der Waals surface area contributed by atoms with Crippen LogP contribution in [-0.2, 0) is 7.05 Å². The van der Waals surface area contributed by atoms with Crippen molar-refractivity contribution in [2.75, 3.05) is 0 Å². The molecule has 0 aliphatic carbocycles. The average molecular weight is 204 g/mol. The molecule has 0 atom stereocenters. The zero-order valence-electron chi connectivity index (χ0n) is 9.60. The second kappa shape index (κ2) is 5.24. The van der Waals surface area contributed by atoms with E-state index >= 15 is 0 Å². The van der Waals surface area contributed by atoms with Crippen LogP contribution in [0.15, 0.2) is 24.7 Å². The summed E-state index contributed by atoms with van der Waals surface area (Å²) in [5.41, 5.74) is 2.00. The molecule has 0 aliphatic rings. The van der Waals surface area contributed by atoms with E-state index in [2.05, 4.69) is 15.2 Å². The van der Waals surface area contributed by atoms with Crippen LogP contribution in [0.25, 0.3) is 11.5 Å². The van der Waals surface area contributed by atoms with Crippen LogP contribution in [0.1, 0.15) is 19.4 Å². The SMILES string of the molecule is CC.Cc1ccc(-c2nncn2C)nc1. The van der Waals surface area contributed by atoms with E-state index in [1.54, 1.807) is 6.33 Å². The third kappa shape index (κ3) is 2.62. The summed E-state index contributed by atoms with van der Waals surface area (Å²) in [4.78, 5) is 4.26. The summed E-state index contributed by atoms with van der Waals surface area (Å²) in [5, 5.41) is 7.76. The van der Waals surface area contributed by atoms with Gasteiger partial charge in [-0.25, -0.2) is 0 Å². The van der Waals surface area contributed by atoms with Gasteiger partial charge in [0.05, 0.1) is 0 Å². The monoisotopic (exact) mass is 204 g/mol. The molecule has 0 unspecified atom stereocenters. The molecular weight excluding hydrogens is 188 g/mol. The maximum absolute atomic E-state index is 4.26. The van der Waals surface area contributed by atoms with Gasteiger partial charge < -0.3 is 4.57 Å². The van der Waals surface area contributed by atoms with Crippen LogP contribution in [0.3, 0.4) is 0 Å². The Morgan fingerprint density at radius 3 is 2.40 bits per heavy atom. The smallest absolute Gasteiger partial charge is 0.182 e. The zero-order valence-corrected chi connectivity index (χ0v) is 9.60. The molecule has 2 aromatic rings. The topological polar surface area (TPSA) is 43.6 Å². The number of hydrogen-bond acceptors (Lipinski definition) is 3. The molecule has 0 saturated heterocycles. The number of hydrogen-bond donors (Lipinski definition) is 0. The van der Waals surface area contributed by atoms with Gasteiger partial charge in [0.2, 0.25) is 0 Å². The predicted octanol–water partition coefficient (Wildman–Crippen LogP) is 2.21. The molecule has 2 heterocycles. The Hall–Kier alpha value is -1.71. The minimum absolute atomic E-state index is 0.792. The lowest BCUT2D eigenvalue weighted by Gasteiger charge is -1.98. The Labute approximate surface area is 90.0 Å². The summed E-state index contributed by atoms with van der Waals surface area (Å²) in [5.74, 6) is 0.792. The highest BCUT2D eigenvalue weighted by Gasteiger charge is 2.04. The normalized spacial score (nSPS) is 9.33. The third-order valence-electron chi connectivity index (χ3n) is 1.85. The van der Waals surface area contributed by atoms with Crippen LogP contribution in [0.5, 0.6) is 0 Å². The molecule has 80 valence electrons. The van der Waals surface area contributed by atoms with E-state index in [4.69, 9.17) is 0 Å². The van der Waals surface area contributed by atoms with Crippen LogP contribution in [0, 0.1) is 6.92 Å². The van der Waals surface area contributed by atoms with Crippen molar-refractivity contribution in [2.45, 2.75) is 20.8 Å². The van der Waals surface area contributed by atoms with Crippen LogP contribution >= 0.6 is 0 Å². The predicted molar refractivity (Wildman–Crippen MR) is 60.3 cm³/mol. The van der Waals surface area contributed by atoms with E-state index in [1.165, 1.54) is 0 Å². The Morgan fingerprint density at radius 1 is 1.20 bits per heavy atom. The van der Waals surface area contributed by atoms with E-state index in [-0.39, 0.29) is 0 Å². The highest BCUT2D eigenvalue weighted by molar-refractivity contribution is 5.48. The fourth-order valence-electron chi connectivity index (χ4n) is 1.12. The Bertz CT molecular complexity index is 403. The van der Waals surface area contributed by atoms with Crippen LogP contribution < -0.4 is 0 Å². The van der Waals surface area contributed by atoms with Crippen LogP contribution in [-0.4, -0.2) is 19.7 Å². The standard InChI is InChI=1S/C9H10N4.C2H6/c1-7-3-4-8(10-5-7)9-12-11-6-13(9)2;1-2/h3-6H,1-2H3;1-2H3. The van der Waals surface area contributed by atoms with Crippen molar-refractivity contribution < 1.29 is 0 Å². The summed E-state index contributed by atoms with van der Waals surface area (Å²) in [6.45, 7) is 6.01. The maximum Gasteiger partial charge on any atom is 0.182 e. The fraction of sp³-hybridized carbons (Fsp3) is 0.364. The van der Waals surface area contributed by atoms with Gasteiger partial charge in [-0.15, -0.1) is 10.2 Å². The molecule has 4 nitrogen and oxygen atoms in total. The maximum atomic E-state index is 4.26. The number of aryl methyl sites for hydroxylation is 2. The average Bonchev–Trinajstić information content (AvgIpc) is 2.69. The van der Waals surface area contributed by atoms with Crippen molar-refractivity contribution in [2.24, 2.45) is 7.05 Å². The first-order valence-corrected chi connectivity index (χ1v) is 5.04. The first kappa shape index (κ1) is 11.4. The summed E-state index contributed by atoms with van der Waals surface area (Å²) in [6.07, 6.45) is 3.49. The first-order valence-electron chi connectivity index (χ1n) is 5.04. The van der Waals surface area contributed by atoms with Gasteiger partial charge in [0.15, 0.2) is 5.82 Å². The summed E-state index contributed by atoms with van der Waals surface area (Å²) < 4.78 is 1.84. The molecule has 0 saturated carbocycles. The molecule has 0 spiro atoms. The Balaban J connectivity index is 0.000000531. The highest BCUT2D eigenvalue weighted by atomic mass is 15.3. The molecule has 0 N–H and O–H groups in total. The summed E-state index contributed by atoms with van der Waals surface area (Å²) in [6, 6.07) is 3.95. The Morgan fingerprint density at radius 2 is 1.93 bits per heavy atom. The molecule has 4 heteroatoms. The number of aromatic nitrogens is 4. The Kier molecular flexibility index (Phi) is 3.97. The van der Waals surface area contributed by atoms with Gasteiger partial charge in [-0.1, -0.05) is 19.9 Å². The van der Waals surface area contributed by atoms with E-state index in [0.29, 0.717) is 0 Å². The van der Waals surface area contributed by atoms with Gasteiger partial charge in [0, 0.05) is 13.2 Å². The van der Waals surface area contributed by atoms with Gasteiger partial charge in [-0.05, 0) is 18.6 Å². The van der Waals surface area contributed by atoms with Crippen LogP contribution in [0.2, 0.25) is 0 Å². The molecule has 0 aliphatic heterocycles. The van der Waals surface area contributed by atoms with Crippen molar-refractivity contribution in [1.29, 1.82) is 0 Å². The minimum Gasteiger partial charge on any atom is -0.315 e. The first-order chi connectivity index (χ1) is 7.27. The van der Waals surface area contributed by atoms with E-state index in [0.717, 1.165) is 17.1 Å². The van der Waals surface area contributed by atoms with Crippen molar-refractivity contribution in [3.63, 3.8) is 0 Å². The van der Waals surface area contributed by atoms with Gasteiger partial charge in [-0.2, -0.15) is 0 Å². The number of nitrogens with zero attached hydrogens (tertiary/aromatic N) is 4. The van der Waals surface area contributed by atoms with Crippen molar-refractivity contribution in [3.8, 4) is 11.5 Å². The summed E-state index contributed by atoms with van der Waals surface area (Å²) in [7, 11) is 1.90. The van der Waals surface area contributed by atoms with E-state index in [1.807, 2.05) is 50.7 Å². The minimum atomic E-state index is 0.792. The second-order valence-corrected chi connectivity index (χ2v) is 2.99. The van der Waals surface area contributed by atoms with Gasteiger partial charge >= 0.3 is 0 Å². The third-order valence-corrected chi connectivity index (χ3v) is 1.85. The second-order valence-electron chi connectivity index (χ2n) is 2.99. The van der Waals surface area contributed by atoms with Crippen LogP contribution in [0.4, 0.5) is 0 Å². The lowest BCUT2D eigenvalue weighted by molar-refractivity contribution is 0.913. The van der Waals surface area contributed by atoms with Crippen molar-refractivity contribution in [3.05, 3.63) is 30.2 Å². The van der Waals surface area contributed by atoms with E-state index < -0.39 is 0 Å². The fourth-order valence-corrected chi connectivity index (χ4v) is 1.12. The molecular formula is C11H16N4. The molecule has 15 heavy (non-hydrogen) atoms. The molecule has 0 bridgehead atoms. The van der Waals surface area contributed by atoms with Gasteiger partial charge in [0.1, 0.15) is 12.0 Å². The molecule has 2 rings (SSSR count). The highest BCUT2D eigenvalue weighted by Crippen LogP contribution is 2.11. The van der Waals surface area contributed by atoms with Crippen molar-refractivity contribution >= 4 is 0 Å². The molecule has 0 radical (unpaired) electrons. The summed E-state index contributed by atoms with van der Waals surface area (Å²) >= 11 is 0. The number of rotatable bonds is 1. The molecule has 0 amide bonds. The molecule has 0 fully saturated rings. The van der Waals surface area contributed by atoms with Gasteiger partial charge in [0.25, 0.3) is 0 Å². The lowest BCUT2D eigenvalue weighted by Crippen LogP contribution is -1.93. The van der Waals surface area contributed by atoms with Gasteiger partial charge in [-0.3, -0.25) is 4.98 Å². The number of pyridine rings is 1. The zero-order chi connectivity index (χ0) is 11.3. The molecule has 0 aromatic carbocycles. The van der Waals surface area contributed by atoms with E-state index in [9.17, 15) is 0 Å². The molecule has 2 aromatic heterocycles. The lowest BCUT2D eigenvalue weighted by atomic mass is 10.3. The van der Waals surface area contributed by atoms with Crippen molar-refractivity contribution in [1.82, 2.24) is 19.7 Å².